The summed E-state index contributed by atoms with van der Waals surface area (Å²) in [5.41, 5.74) is 1.11. The Morgan fingerprint density at radius 2 is 2.17 bits per heavy atom. The minimum absolute atomic E-state index is 0.322. The fourth-order valence-corrected chi connectivity index (χ4v) is 4.51. The summed E-state index contributed by atoms with van der Waals surface area (Å²) < 4.78 is 24.6. The number of aryl methyl sites for hydroxylation is 2. The average molecular weight is 374 g/mol. The van der Waals surface area contributed by atoms with E-state index in [1.807, 2.05) is 6.92 Å². The summed E-state index contributed by atoms with van der Waals surface area (Å²) in [6.45, 7) is 6.81. The van der Waals surface area contributed by atoms with Crippen molar-refractivity contribution in [2.75, 3.05) is 39.5 Å². The highest BCUT2D eigenvalue weighted by Crippen LogP contribution is 2.18. The molecule has 0 saturated carbocycles. The molecule has 1 aromatic rings. The number of aromatic nitrogens is 1. The Morgan fingerprint density at radius 1 is 1.42 bits per heavy atom. The number of aliphatic imine (C=N–C) groups is 1. The van der Waals surface area contributed by atoms with Crippen molar-refractivity contribution in [3.63, 3.8) is 0 Å². The molecule has 1 aliphatic rings. The Bertz CT molecular complexity index is 665. The van der Waals surface area contributed by atoms with Gasteiger partial charge in [-0.3, -0.25) is 4.99 Å². The summed E-state index contributed by atoms with van der Waals surface area (Å²) in [7, 11) is -1.33. The van der Waals surface area contributed by atoms with Crippen LogP contribution in [-0.4, -0.2) is 63.1 Å². The fraction of sp³-hybridized carbons (Fsp3) is 0.733. The van der Waals surface area contributed by atoms with E-state index in [9.17, 15) is 8.42 Å². The van der Waals surface area contributed by atoms with Gasteiger partial charge in [-0.25, -0.2) is 17.7 Å². The molecule has 1 aromatic heterocycles. The van der Waals surface area contributed by atoms with Gasteiger partial charge in [-0.15, -0.1) is 11.3 Å². The van der Waals surface area contributed by atoms with Gasteiger partial charge in [0.1, 0.15) is 0 Å². The molecule has 9 heteroatoms. The van der Waals surface area contributed by atoms with E-state index in [4.69, 9.17) is 0 Å². The van der Waals surface area contributed by atoms with Crippen molar-refractivity contribution in [3.05, 3.63) is 15.6 Å². The third-order valence-corrected chi connectivity index (χ3v) is 6.61. The maximum atomic E-state index is 11.5. The molecule has 1 unspecified atom stereocenters. The van der Waals surface area contributed by atoms with E-state index in [1.165, 1.54) is 11.1 Å². The summed E-state index contributed by atoms with van der Waals surface area (Å²) in [6.07, 6.45) is 3.02. The van der Waals surface area contributed by atoms with Crippen LogP contribution in [-0.2, 0) is 16.4 Å². The zero-order valence-corrected chi connectivity index (χ0v) is 16.4. The molecule has 24 heavy (non-hydrogen) atoms. The van der Waals surface area contributed by atoms with E-state index in [-0.39, 0.29) is 0 Å². The maximum absolute atomic E-state index is 11.5. The molecular formula is C15H27N5O2S2. The second-order valence-corrected chi connectivity index (χ2v) is 9.42. The van der Waals surface area contributed by atoms with Crippen molar-refractivity contribution < 1.29 is 8.42 Å². The smallest absolute Gasteiger partial charge is 0.211 e. The molecule has 1 atom stereocenters. The molecular weight excluding hydrogens is 346 g/mol. The molecule has 2 rings (SSSR count). The molecule has 0 amide bonds. The lowest BCUT2D eigenvalue weighted by molar-refractivity contribution is 0.459. The standard InChI is InChI=1S/C15H27N5O2S2/c1-11-12(2)23-14(19-11)5-7-17-15(16-3)18-9-13-6-8-20(10-13)24(4,21)22/h13H,5-10H2,1-4H3,(H2,16,17,18). The Labute approximate surface area is 148 Å². The van der Waals surface area contributed by atoms with Gasteiger partial charge in [0, 0.05) is 44.5 Å². The maximum Gasteiger partial charge on any atom is 0.211 e. The Kier molecular flexibility index (Phi) is 6.59. The minimum Gasteiger partial charge on any atom is -0.356 e. The zero-order chi connectivity index (χ0) is 17.7. The van der Waals surface area contributed by atoms with Gasteiger partial charge in [0.2, 0.25) is 10.0 Å². The molecule has 1 fully saturated rings. The van der Waals surface area contributed by atoms with Crippen molar-refractivity contribution in [1.82, 2.24) is 19.9 Å². The lowest BCUT2D eigenvalue weighted by Gasteiger charge is -2.16. The van der Waals surface area contributed by atoms with Crippen LogP contribution in [0.15, 0.2) is 4.99 Å². The van der Waals surface area contributed by atoms with Crippen LogP contribution in [0.2, 0.25) is 0 Å². The average Bonchev–Trinajstić information content (AvgIpc) is 3.10. The van der Waals surface area contributed by atoms with Gasteiger partial charge in [0.25, 0.3) is 0 Å². The number of guanidine groups is 1. The van der Waals surface area contributed by atoms with Crippen LogP contribution in [0.25, 0.3) is 0 Å². The Morgan fingerprint density at radius 3 is 2.71 bits per heavy atom. The van der Waals surface area contributed by atoms with Crippen molar-refractivity contribution in [2.24, 2.45) is 10.9 Å². The third kappa shape index (κ3) is 5.42. The predicted molar refractivity (Wildman–Crippen MR) is 99.2 cm³/mol. The van der Waals surface area contributed by atoms with Crippen LogP contribution in [0.1, 0.15) is 22.0 Å². The Hall–Kier alpha value is -1.19. The van der Waals surface area contributed by atoms with Crippen LogP contribution < -0.4 is 10.6 Å². The molecule has 1 aliphatic heterocycles. The van der Waals surface area contributed by atoms with Crippen molar-refractivity contribution >= 4 is 27.3 Å². The monoisotopic (exact) mass is 373 g/mol. The normalized spacial score (nSPS) is 19.7. The number of thiazole rings is 1. The molecule has 7 nitrogen and oxygen atoms in total. The van der Waals surface area contributed by atoms with Crippen molar-refractivity contribution in [2.45, 2.75) is 26.7 Å². The molecule has 0 aromatic carbocycles. The van der Waals surface area contributed by atoms with Gasteiger partial charge in [-0.2, -0.15) is 0 Å². The Balaban J connectivity index is 1.71. The molecule has 0 radical (unpaired) electrons. The summed E-state index contributed by atoms with van der Waals surface area (Å²) in [6, 6.07) is 0. The molecule has 0 bridgehead atoms. The molecule has 0 spiro atoms. The quantitative estimate of drug-likeness (QED) is 0.568. The highest BCUT2D eigenvalue weighted by atomic mass is 32.2. The lowest BCUT2D eigenvalue weighted by Crippen LogP contribution is -2.41. The highest BCUT2D eigenvalue weighted by Gasteiger charge is 2.28. The van der Waals surface area contributed by atoms with E-state index in [1.54, 1.807) is 22.7 Å². The highest BCUT2D eigenvalue weighted by molar-refractivity contribution is 7.88. The molecule has 2 heterocycles. The SMILES string of the molecule is CN=C(NCCc1nc(C)c(C)s1)NCC1CCN(S(C)(=O)=O)C1. The summed E-state index contributed by atoms with van der Waals surface area (Å²) >= 11 is 1.74. The van der Waals surface area contributed by atoms with Gasteiger partial charge in [-0.05, 0) is 26.2 Å². The van der Waals surface area contributed by atoms with E-state index >= 15 is 0 Å². The molecule has 136 valence electrons. The molecule has 1 saturated heterocycles. The number of hydrogen-bond donors (Lipinski definition) is 2. The van der Waals surface area contributed by atoms with E-state index < -0.39 is 10.0 Å². The first-order valence-corrected chi connectivity index (χ1v) is 10.8. The number of rotatable bonds is 6. The first kappa shape index (κ1) is 19.1. The lowest BCUT2D eigenvalue weighted by atomic mass is 10.1. The number of nitrogens with zero attached hydrogens (tertiary/aromatic N) is 3. The van der Waals surface area contributed by atoms with E-state index in [2.05, 4.69) is 27.5 Å². The van der Waals surface area contributed by atoms with Gasteiger partial charge in [-0.1, -0.05) is 0 Å². The van der Waals surface area contributed by atoms with Gasteiger partial charge in [0.15, 0.2) is 5.96 Å². The van der Waals surface area contributed by atoms with Crippen molar-refractivity contribution in [3.8, 4) is 0 Å². The first-order valence-electron chi connectivity index (χ1n) is 8.12. The largest absolute Gasteiger partial charge is 0.356 e. The van der Waals surface area contributed by atoms with Crippen LogP contribution in [0.3, 0.4) is 0 Å². The van der Waals surface area contributed by atoms with Crippen molar-refractivity contribution in [1.29, 1.82) is 0 Å². The first-order chi connectivity index (χ1) is 11.3. The third-order valence-electron chi connectivity index (χ3n) is 4.20. The molecule has 0 aliphatic carbocycles. The van der Waals surface area contributed by atoms with Crippen LogP contribution in [0, 0.1) is 19.8 Å². The fourth-order valence-electron chi connectivity index (χ4n) is 2.66. The zero-order valence-electron chi connectivity index (χ0n) is 14.8. The summed E-state index contributed by atoms with van der Waals surface area (Å²) in [5.74, 6) is 1.07. The second kappa shape index (κ2) is 8.26. The van der Waals surface area contributed by atoms with Gasteiger partial charge >= 0.3 is 0 Å². The minimum atomic E-state index is -3.07. The van der Waals surface area contributed by atoms with E-state index in [0.29, 0.717) is 19.0 Å². The number of nitrogens with one attached hydrogen (secondary N) is 2. The summed E-state index contributed by atoms with van der Waals surface area (Å²) in [4.78, 5) is 10.0. The van der Waals surface area contributed by atoms with Crippen LogP contribution in [0.4, 0.5) is 0 Å². The topological polar surface area (TPSA) is 86.7 Å². The van der Waals surface area contributed by atoms with Gasteiger partial charge in [0.05, 0.1) is 17.0 Å². The second-order valence-electron chi connectivity index (χ2n) is 6.15. The predicted octanol–water partition coefficient (Wildman–Crippen LogP) is 0.749. The van der Waals surface area contributed by atoms with E-state index in [0.717, 1.165) is 42.6 Å². The van der Waals surface area contributed by atoms with Crippen LogP contribution >= 0.6 is 11.3 Å². The van der Waals surface area contributed by atoms with Crippen LogP contribution in [0.5, 0.6) is 0 Å². The molecule has 2 N–H and O–H groups in total. The summed E-state index contributed by atoms with van der Waals surface area (Å²) in [5, 5.41) is 7.70. The number of sulfonamides is 1. The van der Waals surface area contributed by atoms with Gasteiger partial charge < -0.3 is 10.6 Å². The number of hydrogen-bond acceptors (Lipinski definition) is 5.